The smallest absolute Gasteiger partial charge is 0.206 e. The predicted molar refractivity (Wildman–Crippen MR) is 115 cm³/mol. The van der Waals surface area contributed by atoms with Gasteiger partial charge in [-0.15, -0.1) is 24.3 Å². The van der Waals surface area contributed by atoms with Gasteiger partial charge in [0.25, 0.3) is 0 Å². The number of rotatable bonds is 4. The van der Waals surface area contributed by atoms with Crippen molar-refractivity contribution in [1.82, 2.24) is 0 Å². The number of aryl methyl sites for hydroxylation is 1. The van der Waals surface area contributed by atoms with E-state index in [9.17, 15) is 8.42 Å². The normalized spacial score (nSPS) is 10.2. The van der Waals surface area contributed by atoms with Crippen LogP contribution in [0.2, 0.25) is 0 Å². The van der Waals surface area contributed by atoms with Crippen molar-refractivity contribution in [2.45, 2.75) is 16.7 Å². The standard InChI is InChI=1S/C19H15O3S.C6H5O.Y/c1-15-7-11-18(12-8-15)23(20,21)19-13-9-17(10-14-19)22-16-5-3-2-4-6-16;7-6-4-2-1-3-5-6;/h3-14H,1H3;2-5,7H;/q2*-1;. The van der Waals surface area contributed by atoms with Gasteiger partial charge in [-0.2, -0.15) is 36.4 Å². The first-order valence-corrected chi connectivity index (χ1v) is 10.6. The van der Waals surface area contributed by atoms with E-state index in [1.54, 1.807) is 97.1 Å². The van der Waals surface area contributed by atoms with Crippen molar-refractivity contribution in [3.63, 3.8) is 0 Å². The van der Waals surface area contributed by atoms with E-state index in [1.165, 1.54) is 0 Å². The third-order valence-corrected chi connectivity index (χ3v) is 5.87. The number of phenols is 1. The van der Waals surface area contributed by atoms with Gasteiger partial charge in [0, 0.05) is 44.2 Å². The number of aromatic hydroxyl groups is 1. The van der Waals surface area contributed by atoms with Gasteiger partial charge in [-0.1, -0.05) is 17.7 Å². The number of sulfone groups is 1. The van der Waals surface area contributed by atoms with Crippen molar-refractivity contribution in [2.75, 3.05) is 0 Å². The van der Waals surface area contributed by atoms with Crippen LogP contribution in [0.3, 0.4) is 0 Å². The van der Waals surface area contributed by atoms with Gasteiger partial charge in [0.1, 0.15) is 5.75 Å². The Morgan fingerprint density at radius 2 is 1.10 bits per heavy atom. The number of ether oxygens (including phenoxy) is 1. The number of hydrogen-bond donors (Lipinski definition) is 1. The van der Waals surface area contributed by atoms with Crippen LogP contribution in [0, 0.1) is 19.1 Å². The number of phenolic OH excluding ortho intramolecular Hbond substituents is 1. The van der Waals surface area contributed by atoms with E-state index in [4.69, 9.17) is 9.84 Å². The van der Waals surface area contributed by atoms with Crippen molar-refractivity contribution in [2.24, 2.45) is 0 Å². The topological polar surface area (TPSA) is 63.6 Å². The van der Waals surface area contributed by atoms with Crippen LogP contribution in [0.4, 0.5) is 0 Å². The molecule has 0 saturated carbocycles. The molecule has 0 fully saturated rings. The Bertz CT molecular complexity index is 1160. The van der Waals surface area contributed by atoms with Crippen molar-refractivity contribution < 1.29 is 51.0 Å². The van der Waals surface area contributed by atoms with Gasteiger partial charge in [-0.05, 0) is 43.3 Å². The number of benzene rings is 4. The minimum atomic E-state index is -3.51. The zero-order valence-electron chi connectivity index (χ0n) is 16.9. The Kier molecular flexibility index (Phi) is 9.44. The molecule has 0 saturated heterocycles. The summed E-state index contributed by atoms with van der Waals surface area (Å²) in [6.45, 7) is 1.92. The minimum absolute atomic E-state index is 0. The van der Waals surface area contributed by atoms with Crippen LogP contribution in [0.5, 0.6) is 17.2 Å². The molecule has 31 heavy (non-hydrogen) atoms. The van der Waals surface area contributed by atoms with E-state index in [-0.39, 0.29) is 42.5 Å². The molecular weight excluding hydrogens is 485 g/mol. The fraction of sp³-hybridized carbons (Fsp3) is 0.0400. The molecule has 1 N–H and O–H groups in total. The molecule has 4 nitrogen and oxygen atoms in total. The Hall–Kier alpha value is -2.47. The molecule has 4 aromatic rings. The molecule has 6 heteroatoms. The molecule has 0 heterocycles. The molecule has 0 aliphatic heterocycles. The summed E-state index contributed by atoms with van der Waals surface area (Å²) in [5.41, 5.74) is 1.02. The third kappa shape index (κ3) is 7.32. The van der Waals surface area contributed by atoms with E-state index in [1.807, 2.05) is 6.92 Å². The summed E-state index contributed by atoms with van der Waals surface area (Å²) in [4.78, 5) is 0.533. The summed E-state index contributed by atoms with van der Waals surface area (Å²) < 4.78 is 30.8. The summed E-state index contributed by atoms with van der Waals surface area (Å²) in [6, 6.07) is 32.5. The molecule has 0 atom stereocenters. The number of hydrogen-bond acceptors (Lipinski definition) is 4. The molecular formula is C25H20O4SY-2. The largest absolute Gasteiger partial charge is 0.533 e. The van der Waals surface area contributed by atoms with Crippen LogP contribution >= 0.6 is 0 Å². The predicted octanol–water partition coefficient (Wildman–Crippen LogP) is 5.61. The van der Waals surface area contributed by atoms with Crippen molar-refractivity contribution in [3.05, 3.63) is 115 Å². The van der Waals surface area contributed by atoms with E-state index < -0.39 is 9.84 Å². The van der Waals surface area contributed by atoms with Crippen molar-refractivity contribution in [3.8, 4) is 17.2 Å². The molecule has 4 aromatic carbocycles. The minimum Gasteiger partial charge on any atom is -0.533 e. The van der Waals surface area contributed by atoms with Crippen LogP contribution in [0.15, 0.2) is 107 Å². The molecule has 0 bridgehead atoms. The molecule has 0 amide bonds. The van der Waals surface area contributed by atoms with Crippen LogP contribution in [-0.2, 0) is 42.5 Å². The van der Waals surface area contributed by atoms with E-state index in [0.29, 0.717) is 17.2 Å². The summed E-state index contributed by atoms with van der Waals surface area (Å²) in [5.74, 6) is 1.55. The van der Waals surface area contributed by atoms with Crippen molar-refractivity contribution in [1.29, 1.82) is 0 Å². The van der Waals surface area contributed by atoms with Crippen LogP contribution in [0.25, 0.3) is 0 Å². The quantitative estimate of drug-likeness (QED) is 0.367. The zero-order chi connectivity index (χ0) is 21.4. The first-order valence-electron chi connectivity index (χ1n) is 9.16. The molecule has 4 rings (SSSR count). The maximum Gasteiger partial charge on any atom is 0.206 e. The molecule has 0 spiro atoms. The first kappa shape index (κ1) is 24.8. The van der Waals surface area contributed by atoms with Gasteiger partial charge >= 0.3 is 0 Å². The monoisotopic (exact) mass is 505 g/mol. The van der Waals surface area contributed by atoms with Gasteiger partial charge in [-0.25, -0.2) is 8.42 Å². The average molecular weight is 505 g/mol. The maximum absolute atomic E-state index is 12.6. The SMILES string of the molecule is Cc1ccc(S(=O)(=O)c2ccc(Oc3cc[c-]cc3)cc2)cc1.Oc1cc[c-]cc1.[Y]. The summed E-state index contributed by atoms with van der Waals surface area (Å²) in [6.07, 6.45) is 0. The summed E-state index contributed by atoms with van der Waals surface area (Å²) in [5, 5.41) is 8.61. The molecule has 155 valence electrons. The fourth-order valence-electron chi connectivity index (χ4n) is 2.49. The van der Waals surface area contributed by atoms with Crippen LogP contribution in [-0.4, -0.2) is 13.5 Å². The van der Waals surface area contributed by atoms with E-state index in [2.05, 4.69) is 12.1 Å². The molecule has 0 aromatic heterocycles. The molecule has 1 radical (unpaired) electrons. The first-order chi connectivity index (χ1) is 14.4. The van der Waals surface area contributed by atoms with Gasteiger partial charge in [0.2, 0.25) is 9.84 Å². The van der Waals surface area contributed by atoms with Crippen LogP contribution < -0.4 is 4.74 Å². The Morgan fingerprint density at radius 1 is 0.677 bits per heavy atom. The molecule has 0 aliphatic carbocycles. The van der Waals surface area contributed by atoms with Gasteiger partial charge in [0.15, 0.2) is 0 Å². The summed E-state index contributed by atoms with van der Waals surface area (Å²) in [7, 11) is -3.51. The second-order valence-electron chi connectivity index (χ2n) is 6.38. The fourth-order valence-corrected chi connectivity index (χ4v) is 3.76. The van der Waals surface area contributed by atoms with E-state index >= 15 is 0 Å². The van der Waals surface area contributed by atoms with Gasteiger partial charge < -0.3 is 9.84 Å². The van der Waals surface area contributed by atoms with Crippen LogP contribution in [0.1, 0.15) is 5.56 Å². The second-order valence-corrected chi connectivity index (χ2v) is 8.33. The molecule has 0 aliphatic rings. The average Bonchev–Trinajstić information content (AvgIpc) is 2.76. The Labute approximate surface area is 208 Å². The maximum atomic E-state index is 12.6. The second kappa shape index (κ2) is 11.8. The Morgan fingerprint density at radius 3 is 1.55 bits per heavy atom. The Balaban J connectivity index is 0.000000364. The van der Waals surface area contributed by atoms with E-state index in [0.717, 1.165) is 5.56 Å². The zero-order valence-corrected chi connectivity index (χ0v) is 20.5. The molecule has 0 unspecified atom stereocenters. The summed E-state index contributed by atoms with van der Waals surface area (Å²) >= 11 is 0. The van der Waals surface area contributed by atoms with Gasteiger partial charge in [0.05, 0.1) is 9.79 Å². The van der Waals surface area contributed by atoms with Gasteiger partial charge in [-0.3, -0.25) is 0 Å². The van der Waals surface area contributed by atoms with Crippen molar-refractivity contribution >= 4 is 9.84 Å². The third-order valence-electron chi connectivity index (χ3n) is 4.09.